The van der Waals surface area contributed by atoms with Crippen molar-refractivity contribution in [1.29, 1.82) is 0 Å². The SMILES string of the molecule is CN1C(=O)COc2ccccc2CCCCO[C@H]2CN(Cc3cccnc3)C[C@@H]21. The molecular formula is C23H29N3O3. The maximum Gasteiger partial charge on any atom is 0.260 e. The zero-order valence-electron chi connectivity index (χ0n) is 17.0. The lowest BCUT2D eigenvalue weighted by Crippen LogP contribution is -2.47. The zero-order valence-corrected chi connectivity index (χ0v) is 17.0. The van der Waals surface area contributed by atoms with Gasteiger partial charge in [-0.1, -0.05) is 24.3 Å². The molecule has 2 aliphatic rings. The van der Waals surface area contributed by atoms with Gasteiger partial charge in [0.1, 0.15) is 5.75 Å². The smallest absolute Gasteiger partial charge is 0.260 e. The summed E-state index contributed by atoms with van der Waals surface area (Å²) in [6.07, 6.45) is 6.68. The van der Waals surface area contributed by atoms with Gasteiger partial charge in [-0.05, 0) is 42.5 Å². The Kier molecular flexibility index (Phi) is 6.42. The van der Waals surface area contributed by atoms with E-state index in [2.05, 4.69) is 22.0 Å². The number of nitrogens with zero attached hydrogens (tertiary/aromatic N) is 3. The normalized spacial score (nSPS) is 23.9. The molecule has 2 atom stereocenters. The van der Waals surface area contributed by atoms with Gasteiger partial charge < -0.3 is 14.4 Å². The lowest BCUT2D eigenvalue weighted by molar-refractivity contribution is -0.136. The first-order chi connectivity index (χ1) is 14.2. The van der Waals surface area contributed by atoms with E-state index in [4.69, 9.17) is 9.47 Å². The predicted octanol–water partition coefficient (Wildman–Crippen LogP) is 2.52. The molecule has 0 N–H and O–H groups in total. The number of aromatic nitrogens is 1. The number of carbonyl (C=O) groups is 1. The fraction of sp³-hybridized carbons (Fsp3) is 0.478. The van der Waals surface area contributed by atoms with Crippen LogP contribution in [0.25, 0.3) is 0 Å². The molecule has 0 saturated carbocycles. The quantitative estimate of drug-likeness (QED) is 0.782. The monoisotopic (exact) mass is 395 g/mol. The number of benzene rings is 1. The van der Waals surface area contributed by atoms with Gasteiger partial charge in [0.2, 0.25) is 0 Å². The number of para-hydroxylation sites is 1. The van der Waals surface area contributed by atoms with E-state index in [0.717, 1.165) is 50.2 Å². The molecule has 3 heterocycles. The molecule has 0 spiro atoms. The third-order valence-corrected chi connectivity index (χ3v) is 5.83. The first-order valence-corrected chi connectivity index (χ1v) is 10.4. The largest absolute Gasteiger partial charge is 0.483 e. The van der Waals surface area contributed by atoms with Crippen LogP contribution < -0.4 is 4.74 Å². The summed E-state index contributed by atoms with van der Waals surface area (Å²) in [7, 11) is 1.87. The van der Waals surface area contributed by atoms with Crippen molar-refractivity contribution in [3.8, 4) is 5.75 Å². The van der Waals surface area contributed by atoms with Gasteiger partial charge in [0.05, 0.1) is 12.1 Å². The van der Waals surface area contributed by atoms with Gasteiger partial charge in [-0.3, -0.25) is 14.7 Å². The highest BCUT2D eigenvalue weighted by atomic mass is 16.5. The summed E-state index contributed by atoms with van der Waals surface area (Å²) in [5.74, 6) is 0.802. The van der Waals surface area contributed by atoms with Crippen LogP contribution in [0.3, 0.4) is 0 Å². The zero-order chi connectivity index (χ0) is 20.1. The summed E-state index contributed by atoms with van der Waals surface area (Å²) >= 11 is 0. The average molecular weight is 396 g/mol. The van der Waals surface area contributed by atoms with Crippen LogP contribution in [0.15, 0.2) is 48.8 Å². The van der Waals surface area contributed by atoms with Crippen LogP contribution in [0.1, 0.15) is 24.0 Å². The molecule has 1 aromatic carbocycles. The summed E-state index contributed by atoms with van der Waals surface area (Å²) in [4.78, 5) is 21.2. The van der Waals surface area contributed by atoms with Gasteiger partial charge in [-0.25, -0.2) is 0 Å². The highest BCUT2D eigenvalue weighted by Crippen LogP contribution is 2.24. The van der Waals surface area contributed by atoms with Crippen LogP contribution in [0, 0.1) is 0 Å². The number of ether oxygens (including phenoxy) is 2. The predicted molar refractivity (Wildman–Crippen MR) is 111 cm³/mol. The highest BCUT2D eigenvalue weighted by molar-refractivity contribution is 5.78. The molecule has 2 aliphatic heterocycles. The molecule has 1 fully saturated rings. The Morgan fingerprint density at radius 3 is 2.90 bits per heavy atom. The number of carbonyl (C=O) groups excluding carboxylic acids is 1. The Bertz CT molecular complexity index is 814. The number of likely N-dealkylation sites (tertiary alicyclic amines) is 1. The molecule has 6 heteroatoms. The number of aryl methyl sites for hydroxylation is 1. The van der Waals surface area contributed by atoms with Crippen LogP contribution in [-0.4, -0.2) is 66.2 Å². The molecule has 0 aliphatic carbocycles. The van der Waals surface area contributed by atoms with Crippen molar-refractivity contribution < 1.29 is 14.3 Å². The van der Waals surface area contributed by atoms with Crippen molar-refractivity contribution >= 4 is 5.91 Å². The summed E-state index contributed by atoms with van der Waals surface area (Å²) in [5.41, 5.74) is 2.33. The van der Waals surface area contributed by atoms with Gasteiger partial charge in [-0.2, -0.15) is 0 Å². The van der Waals surface area contributed by atoms with E-state index < -0.39 is 0 Å². The third kappa shape index (κ3) is 4.95. The second-order valence-corrected chi connectivity index (χ2v) is 7.89. The molecule has 0 bridgehead atoms. The second-order valence-electron chi connectivity index (χ2n) is 7.89. The van der Waals surface area contributed by atoms with E-state index in [-0.39, 0.29) is 24.7 Å². The minimum atomic E-state index is -0.0131. The molecule has 1 amide bonds. The maximum absolute atomic E-state index is 12.9. The van der Waals surface area contributed by atoms with Gasteiger partial charge in [0, 0.05) is 45.7 Å². The molecule has 1 aromatic heterocycles. The lowest BCUT2D eigenvalue weighted by Gasteiger charge is -2.29. The van der Waals surface area contributed by atoms with E-state index in [0.29, 0.717) is 6.61 Å². The number of pyridine rings is 1. The average Bonchev–Trinajstić information content (AvgIpc) is 3.14. The highest BCUT2D eigenvalue weighted by Gasteiger charge is 2.38. The second kappa shape index (κ2) is 9.37. The van der Waals surface area contributed by atoms with Crippen LogP contribution in [0.5, 0.6) is 5.75 Å². The fourth-order valence-electron chi connectivity index (χ4n) is 4.18. The minimum absolute atomic E-state index is 0.0131. The van der Waals surface area contributed by atoms with E-state index in [1.54, 1.807) is 6.20 Å². The van der Waals surface area contributed by atoms with Gasteiger partial charge in [0.15, 0.2) is 6.61 Å². The molecule has 0 unspecified atom stereocenters. The molecule has 154 valence electrons. The number of rotatable bonds is 2. The number of likely N-dealkylation sites (N-methyl/N-ethyl adjacent to an activating group) is 1. The Morgan fingerprint density at radius 2 is 2.03 bits per heavy atom. The van der Waals surface area contributed by atoms with Crippen molar-refractivity contribution in [2.24, 2.45) is 0 Å². The summed E-state index contributed by atoms with van der Waals surface area (Å²) < 4.78 is 12.2. The summed E-state index contributed by atoms with van der Waals surface area (Å²) in [5, 5.41) is 0. The minimum Gasteiger partial charge on any atom is -0.483 e. The van der Waals surface area contributed by atoms with E-state index >= 15 is 0 Å². The topological polar surface area (TPSA) is 54.9 Å². The van der Waals surface area contributed by atoms with Crippen molar-refractivity contribution in [3.05, 3.63) is 59.9 Å². The van der Waals surface area contributed by atoms with Crippen molar-refractivity contribution in [3.63, 3.8) is 0 Å². The molecular weight excluding hydrogens is 366 g/mol. The first-order valence-electron chi connectivity index (χ1n) is 10.4. The maximum atomic E-state index is 12.9. The number of hydrogen-bond donors (Lipinski definition) is 0. The lowest BCUT2D eigenvalue weighted by atomic mass is 10.1. The third-order valence-electron chi connectivity index (χ3n) is 5.83. The number of amides is 1. The molecule has 6 nitrogen and oxygen atoms in total. The molecule has 2 aromatic rings. The standard InChI is InChI=1S/C23H29N3O3/c1-25-20-15-26(14-18-7-6-11-24-13-18)16-22(20)28-12-5-4-9-19-8-2-3-10-21(19)29-17-23(25)27/h2-3,6-8,10-11,13,20,22H,4-5,9,12,14-17H2,1H3/t20-,22-/m0/s1. The summed E-state index contributed by atoms with van der Waals surface area (Å²) in [6, 6.07) is 12.1. The number of hydrogen-bond acceptors (Lipinski definition) is 5. The van der Waals surface area contributed by atoms with Crippen molar-refractivity contribution in [1.82, 2.24) is 14.8 Å². The van der Waals surface area contributed by atoms with Crippen molar-refractivity contribution in [2.75, 3.05) is 33.4 Å². The Labute approximate surface area is 172 Å². The molecule has 4 rings (SSSR count). The number of fused-ring (bicyclic) bond motifs is 2. The van der Waals surface area contributed by atoms with E-state index in [1.165, 1.54) is 5.56 Å². The van der Waals surface area contributed by atoms with Crippen LogP contribution in [0.2, 0.25) is 0 Å². The van der Waals surface area contributed by atoms with Crippen LogP contribution in [0.4, 0.5) is 0 Å². The van der Waals surface area contributed by atoms with Gasteiger partial charge in [-0.15, -0.1) is 0 Å². The van der Waals surface area contributed by atoms with E-state index in [1.807, 2.05) is 42.4 Å². The first kappa shape index (κ1) is 19.9. The van der Waals surface area contributed by atoms with E-state index in [9.17, 15) is 4.79 Å². The Balaban J connectivity index is 1.46. The van der Waals surface area contributed by atoms with Crippen molar-refractivity contribution in [2.45, 2.75) is 38.0 Å². The van der Waals surface area contributed by atoms with Crippen LogP contribution in [-0.2, 0) is 22.5 Å². The molecule has 29 heavy (non-hydrogen) atoms. The van der Waals surface area contributed by atoms with Crippen LogP contribution >= 0.6 is 0 Å². The van der Waals surface area contributed by atoms with Gasteiger partial charge in [0.25, 0.3) is 5.91 Å². The molecule has 0 radical (unpaired) electrons. The molecule has 1 saturated heterocycles. The Morgan fingerprint density at radius 1 is 1.14 bits per heavy atom. The fourth-order valence-corrected chi connectivity index (χ4v) is 4.18. The Hall–Kier alpha value is -2.44. The van der Waals surface area contributed by atoms with Gasteiger partial charge >= 0.3 is 0 Å². The summed E-state index contributed by atoms with van der Waals surface area (Å²) in [6.45, 7) is 3.19.